The first kappa shape index (κ1) is 16.1. The average molecular weight is 296 g/mol. The molecule has 1 rings (SSSR count). The number of hydrogen-bond donors (Lipinski definition) is 2. The van der Waals surface area contributed by atoms with Gasteiger partial charge in [-0.2, -0.15) is 9.98 Å². The Labute approximate surface area is 118 Å². The summed E-state index contributed by atoms with van der Waals surface area (Å²) < 4.78 is 26.7. The third-order valence-corrected chi connectivity index (χ3v) is 4.40. The summed E-state index contributed by atoms with van der Waals surface area (Å²) >= 11 is 0. The lowest BCUT2D eigenvalue weighted by Crippen LogP contribution is -2.44. The van der Waals surface area contributed by atoms with E-state index < -0.39 is 28.0 Å². The minimum Gasteiger partial charge on any atom is -0.480 e. The highest BCUT2D eigenvalue weighted by atomic mass is 32.2. The molecule has 1 aromatic rings. The van der Waals surface area contributed by atoms with Crippen molar-refractivity contribution in [1.29, 1.82) is 5.26 Å². The number of aryl methyl sites for hydroxylation is 1. The maximum atomic E-state index is 12.3. The standard InChI is InChI=1S/C13H16N2O4S/c1-8(2)12(13(16)17)15-20(18,19)11-6-10(7-14)5-4-9(11)3/h4-6,8,12,15H,1-3H3,(H,16,17). The molecule has 108 valence electrons. The van der Waals surface area contributed by atoms with Gasteiger partial charge in [0.25, 0.3) is 0 Å². The van der Waals surface area contributed by atoms with E-state index in [1.807, 2.05) is 6.07 Å². The smallest absolute Gasteiger partial charge is 0.322 e. The second-order valence-corrected chi connectivity index (χ2v) is 6.46. The second-order valence-electron chi connectivity index (χ2n) is 4.77. The van der Waals surface area contributed by atoms with Crippen molar-refractivity contribution in [2.24, 2.45) is 5.92 Å². The molecule has 0 heterocycles. The Morgan fingerprint density at radius 2 is 2.00 bits per heavy atom. The summed E-state index contributed by atoms with van der Waals surface area (Å²) in [5.74, 6) is -1.64. The van der Waals surface area contributed by atoms with Gasteiger partial charge in [-0.25, -0.2) is 8.42 Å². The Balaban J connectivity index is 3.24. The normalized spacial score (nSPS) is 12.9. The molecule has 20 heavy (non-hydrogen) atoms. The first-order valence-corrected chi connectivity index (χ1v) is 7.43. The molecule has 0 aromatic heterocycles. The van der Waals surface area contributed by atoms with Crippen molar-refractivity contribution in [3.63, 3.8) is 0 Å². The number of carbonyl (C=O) groups is 1. The number of nitrogens with one attached hydrogen (secondary N) is 1. The molecule has 0 saturated heterocycles. The summed E-state index contributed by atoms with van der Waals surface area (Å²) in [6.45, 7) is 4.81. The van der Waals surface area contributed by atoms with Crippen LogP contribution in [0.5, 0.6) is 0 Å². The lowest BCUT2D eigenvalue weighted by atomic mass is 10.1. The number of benzene rings is 1. The molecule has 0 aliphatic carbocycles. The van der Waals surface area contributed by atoms with Crippen LogP contribution in [0.4, 0.5) is 0 Å². The summed E-state index contributed by atoms with van der Waals surface area (Å²) in [6.07, 6.45) is 0. The third kappa shape index (κ3) is 3.56. The van der Waals surface area contributed by atoms with Crippen molar-refractivity contribution in [2.45, 2.75) is 31.7 Å². The molecule has 7 heteroatoms. The van der Waals surface area contributed by atoms with Crippen LogP contribution >= 0.6 is 0 Å². The predicted octanol–water partition coefficient (Wildman–Crippen LogP) is 1.25. The summed E-state index contributed by atoms with van der Waals surface area (Å²) in [7, 11) is -3.99. The molecule has 6 nitrogen and oxygen atoms in total. The number of rotatable bonds is 5. The molecule has 1 unspecified atom stereocenters. The van der Waals surface area contributed by atoms with Crippen molar-refractivity contribution >= 4 is 16.0 Å². The van der Waals surface area contributed by atoms with Gasteiger partial charge in [0, 0.05) is 0 Å². The van der Waals surface area contributed by atoms with Gasteiger partial charge in [-0.1, -0.05) is 19.9 Å². The highest BCUT2D eigenvalue weighted by molar-refractivity contribution is 7.89. The van der Waals surface area contributed by atoms with Crippen LogP contribution in [-0.2, 0) is 14.8 Å². The van der Waals surface area contributed by atoms with E-state index in [-0.39, 0.29) is 10.5 Å². The summed E-state index contributed by atoms with van der Waals surface area (Å²) in [4.78, 5) is 11.0. The van der Waals surface area contributed by atoms with Gasteiger partial charge in [-0.15, -0.1) is 0 Å². The second kappa shape index (κ2) is 6.03. The van der Waals surface area contributed by atoms with Crippen LogP contribution in [0.1, 0.15) is 25.0 Å². The number of nitriles is 1. The van der Waals surface area contributed by atoms with E-state index in [4.69, 9.17) is 10.4 Å². The molecule has 0 spiro atoms. The summed E-state index contributed by atoms with van der Waals surface area (Å²) in [5.41, 5.74) is 0.650. The maximum Gasteiger partial charge on any atom is 0.322 e. The predicted molar refractivity (Wildman–Crippen MR) is 72.5 cm³/mol. The van der Waals surface area contributed by atoms with E-state index in [2.05, 4.69) is 4.72 Å². The third-order valence-electron chi connectivity index (χ3n) is 2.82. The monoisotopic (exact) mass is 296 g/mol. The number of carboxylic acid groups (broad SMARTS) is 1. The van der Waals surface area contributed by atoms with Gasteiger partial charge in [0.05, 0.1) is 16.5 Å². The zero-order valence-corrected chi connectivity index (χ0v) is 12.2. The number of carboxylic acids is 1. The maximum absolute atomic E-state index is 12.3. The molecule has 1 atom stereocenters. The zero-order chi connectivity index (χ0) is 15.5. The first-order chi connectivity index (χ1) is 9.19. The van der Waals surface area contributed by atoms with Crippen LogP contribution in [0, 0.1) is 24.2 Å². The van der Waals surface area contributed by atoms with Gasteiger partial charge in [0.2, 0.25) is 10.0 Å². The van der Waals surface area contributed by atoms with Crippen molar-refractivity contribution in [2.75, 3.05) is 0 Å². The molecule has 0 aliphatic heterocycles. The van der Waals surface area contributed by atoms with Crippen LogP contribution in [-0.4, -0.2) is 25.5 Å². The Kier molecular flexibility index (Phi) is 4.87. The van der Waals surface area contributed by atoms with Crippen molar-refractivity contribution in [1.82, 2.24) is 4.72 Å². The summed E-state index contributed by atoms with van der Waals surface area (Å²) in [6, 6.07) is 4.89. The Bertz CT molecular complexity index is 659. The first-order valence-electron chi connectivity index (χ1n) is 5.95. The Hall–Kier alpha value is -1.91. The van der Waals surface area contributed by atoms with Crippen LogP contribution in [0.2, 0.25) is 0 Å². The van der Waals surface area contributed by atoms with Crippen LogP contribution in [0.15, 0.2) is 23.1 Å². The van der Waals surface area contributed by atoms with Crippen molar-refractivity contribution in [3.8, 4) is 6.07 Å². The van der Waals surface area contributed by atoms with Gasteiger partial charge in [-0.3, -0.25) is 4.79 Å². The lowest BCUT2D eigenvalue weighted by Gasteiger charge is -2.18. The van der Waals surface area contributed by atoms with Gasteiger partial charge in [0.15, 0.2) is 0 Å². The number of aliphatic carboxylic acids is 1. The average Bonchev–Trinajstić information content (AvgIpc) is 2.35. The quantitative estimate of drug-likeness (QED) is 0.850. The molecule has 1 aromatic carbocycles. The van der Waals surface area contributed by atoms with E-state index in [1.54, 1.807) is 20.8 Å². The van der Waals surface area contributed by atoms with Crippen molar-refractivity contribution in [3.05, 3.63) is 29.3 Å². The number of nitrogens with zero attached hydrogens (tertiary/aromatic N) is 1. The van der Waals surface area contributed by atoms with E-state index >= 15 is 0 Å². The molecule has 0 saturated carbocycles. The van der Waals surface area contributed by atoms with Crippen LogP contribution < -0.4 is 4.72 Å². The minimum atomic E-state index is -3.99. The van der Waals surface area contributed by atoms with E-state index in [0.29, 0.717) is 5.56 Å². The fourth-order valence-corrected chi connectivity index (χ4v) is 3.27. The van der Waals surface area contributed by atoms with Crippen LogP contribution in [0.25, 0.3) is 0 Å². The van der Waals surface area contributed by atoms with Gasteiger partial charge < -0.3 is 5.11 Å². The SMILES string of the molecule is Cc1ccc(C#N)cc1S(=O)(=O)NC(C(=O)O)C(C)C. The zero-order valence-electron chi connectivity index (χ0n) is 11.4. The Morgan fingerprint density at radius 1 is 1.40 bits per heavy atom. The number of hydrogen-bond acceptors (Lipinski definition) is 4. The molecule has 0 bridgehead atoms. The van der Waals surface area contributed by atoms with Gasteiger partial charge >= 0.3 is 5.97 Å². The molecule has 0 radical (unpaired) electrons. The largest absolute Gasteiger partial charge is 0.480 e. The molecular formula is C13H16N2O4S. The Morgan fingerprint density at radius 3 is 2.45 bits per heavy atom. The minimum absolute atomic E-state index is 0.0801. The molecular weight excluding hydrogens is 280 g/mol. The van der Waals surface area contributed by atoms with Crippen LogP contribution in [0.3, 0.4) is 0 Å². The fourth-order valence-electron chi connectivity index (χ4n) is 1.66. The lowest BCUT2D eigenvalue weighted by molar-refractivity contribution is -0.140. The van der Waals surface area contributed by atoms with Crippen molar-refractivity contribution < 1.29 is 18.3 Å². The molecule has 0 aliphatic rings. The topological polar surface area (TPSA) is 107 Å². The fraction of sp³-hybridized carbons (Fsp3) is 0.385. The molecule has 0 amide bonds. The van der Waals surface area contributed by atoms with E-state index in [9.17, 15) is 13.2 Å². The number of sulfonamides is 1. The molecule has 0 fully saturated rings. The van der Waals surface area contributed by atoms with Gasteiger partial charge in [0.1, 0.15) is 6.04 Å². The van der Waals surface area contributed by atoms with Gasteiger partial charge in [-0.05, 0) is 30.5 Å². The van der Waals surface area contributed by atoms with E-state index in [0.717, 1.165) is 0 Å². The van der Waals surface area contributed by atoms with E-state index in [1.165, 1.54) is 18.2 Å². The highest BCUT2D eigenvalue weighted by Gasteiger charge is 2.28. The summed E-state index contributed by atoms with van der Waals surface area (Å²) in [5, 5.41) is 17.9. The molecule has 2 N–H and O–H groups in total. The highest BCUT2D eigenvalue weighted by Crippen LogP contribution is 2.18.